The largest absolute Gasteiger partial charge is 0.389 e. The predicted molar refractivity (Wildman–Crippen MR) is 60.4 cm³/mol. The van der Waals surface area contributed by atoms with Gasteiger partial charge in [0.2, 0.25) is 0 Å². The summed E-state index contributed by atoms with van der Waals surface area (Å²) in [6, 6.07) is 0.722. The summed E-state index contributed by atoms with van der Waals surface area (Å²) in [6.07, 6.45) is 7.10. The Kier molecular flexibility index (Phi) is 4.39. The number of hydrogen-bond acceptors (Lipinski definition) is 2. The van der Waals surface area contributed by atoms with E-state index >= 15 is 0 Å². The van der Waals surface area contributed by atoms with Crippen molar-refractivity contribution in [2.75, 3.05) is 13.6 Å². The number of aliphatic hydroxyl groups is 1. The maximum absolute atomic E-state index is 10.2. The Labute approximate surface area is 88.3 Å². The van der Waals surface area contributed by atoms with E-state index in [-0.39, 0.29) is 0 Å². The lowest BCUT2D eigenvalue weighted by molar-refractivity contribution is -0.00640. The molecule has 0 aromatic rings. The van der Waals surface area contributed by atoms with Crippen LogP contribution >= 0.6 is 0 Å². The van der Waals surface area contributed by atoms with Gasteiger partial charge in [-0.1, -0.05) is 26.7 Å². The highest BCUT2D eigenvalue weighted by molar-refractivity contribution is 4.83. The molecule has 0 amide bonds. The Bertz CT molecular complexity index is 160. The van der Waals surface area contributed by atoms with Crippen LogP contribution in [0.1, 0.15) is 52.4 Å². The standard InChI is InChI=1S/C12H25NO/c1-4-12(14,5-2)10-13(3)11-8-6-7-9-11/h11,14H,4-10H2,1-3H3. The van der Waals surface area contributed by atoms with Crippen LogP contribution in [0.4, 0.5) is 0 Å². The van der Waals surface area contributed by atoms with Gasteiger partial charge in [0.15, 0.2) is 0 Å². The molecule has 0 aromatic heterocycles. The zero-order valence-electron chi connectivity index (χ0n) is 9.92. The average molecular weight is 199 g/mol. The highest BCUT2D eigenvalue weighted by Gasteiger charge is 2.28. The second-order valence-electron chi connectivity index (χ2n) is 4.78. The first-order valence-electron chi connectivity index (χ1n) is 6.04. The monoisotopic (exact) mass is 199 g/mol. The molecule has 0 bridgehead atoms. The van der Waals surface area contributed by atoms with E-state index < -0.39 is 5.60 Å². The molecule has 0 aromatic carbocycles. The predicted octanol–water partition coefficient (Wildman–Crippen LogP) is 2.41. The van der Waals surface area contributed by atoms with E-state index in [2.05, 4.69) is 25.8 Å². The second kappa shape index (κ2) is 5.13. The summed E-state index contributed by atoms with van der Waals surface area (Å²) in [5.74, 6) is 0. The Balaban J connectivity index is 2.41. The lowest BCUT2D eigenvalue weighted by Crippen LogP contribution is -2.44. The Morgan fingerprint density at radius 2 is 1.71 bits per heavy atom. The highest BCUT2D eigenvalue weighted by atomic mass is 16.3. The summed E-state index contributed by atoms with van der Waals surface area (Å²) in [7, 11) is 2.16. The summed E-state index contributed by atoms with van der Waals surface area (Å²) in [5, 5.41) is 10.2. The van der Waals surface area contributed by atoms with Crippen LogP contribution in [-0.2, 0) is 0 Å². The lowest BCUT2D eigenvalue weighted by atomic mass is 9.96. The minimum absolute atomic E-state index is 0.461. The number of likely N-dealkylation sites (N-methyl/N-ethyl adjacent to an activating group) is 1. The van der Waals surface area contributed by atoms with Gasteiger partial charge in [0, 0.05) is 12.6 Å². The highest BCUT2D eigenvalue weighted by Crippen LogP contribution is 2.25. The van der Waals surface area contributed by atoms with Gasteiger partial charge in [-0.15, -0.1) is 0 Å². The Hall–Kier alpha value is -0.0800. The van der Waals surface area contributed by atoms with Gasteiger partial charge in [-0.25, -0.2) is 0 Å². The molecule has 1 rings (SSSR count). The maximum Gasteiger partial charge on any atom is 0.0768 e. The fraction of sp³-hybridized carbons (Fsp3) is 1.00. The van der Waals surface area contributed by atoms with Crippen LogP contribution < -0.4 is 0 Å². The van der Waals surface area contributed by atoms with Crippen LogP contribution in [-0.4, -0.2) is 35.2 Å². The first-order chi connectivity index (χ1) is 6.61. The minimum Gasteiger partial charge on any atom is -0.389 e. The summed E-state index contributed by atoms with van der Waals surface area (Å²) in [5.41, 5.74) is -0.461. The van der Waals surface area contributed by atoms with Gasteiger partial charge in [0.05, 0.1) is 5.60 Å². The first kappa shape index (κ1) is 12.0. The smallest absolute Gasteiger partial charge is 0.0768 e. The van der Waals surface area contributed by atoms with Gasteiger partial charge < -0.3 is 10.0 Å². The average Bonchev–Trinajstić information content (AvgIpc) is 2.70. The minimum atomic E-state index is -0.461. The molecule has 84 valence electrons. The van der Waals surface area contributed by atoms with Crippen molar-refractivity contribution in [1.29, 1.82) is 0 Å². The third-order valence-electron chi connectivity index (χ3n) is 3.81. The van der Waals surface area contributed by atoms with Crippen molar-refractivity contribution in [1.82, 2.24) is 4.90 Å². The Morgan fingerprint density at radius 3 is 2.14 bits per heavy atom. The third kappa shape index (κ3) is 2.96. The van der Waals surface area contributed by atoms with Gasteiger partial charge >= 0.3 is 0 Å². The van der Waals surface area contributed by atoms with Crippen molar-refractivity contribution in [3.63, 3.8) is 0 Å². The molecule has 0 saturated heterocycles. The second-order valence-corrected chi connectivity index (χ2v) is 4.78. The summed E-state index contributed by atoms with van der Waals surface area (Å²) in [4.78, 5) is 2.36. The molecule has 0 radical (unpaired) electrons. The van der Waals surface area contributed by atoms with Crippen LogP contribution in [0.3, 0.4) is 0 Å². The van der Waals surface area contributed by atoms with E-state index in [0.29, 0.717) is 0 Å². The molecule has 2 nitrogen and oxygen atoms in total. The SMILES string of the molecule is CCC(O)(CC)CN(C)C1CCCC1. The van der Waals surface area contributed by atoms with Crippen molar-refractivity contribution >= 4 is 0 Å². The molecule has 0 aliphatic heterocycles. The van der Waals surface area contributed by atoms with Gasteiger partial charge in [-0.3, -0.25) is 0 Å². The van der Waals surface area contributed by atoms with E-state index in [1.165, 1.54) is 25.7 Å². The lowest BCUT2D eigenvalue weighted by Gasteiger charge is -2.34. The van der Waals surface area contributed by atoms with Crippen LogP contribution in [0.15, 0.2) is 0 Å². The normalized spacial score (nSPS) is 19.5. The molecule has 14 heavy (non-hydrogen) atoms. The summed E-state index contributed by atoms with van der Waals surface area (Å²) < 4.78 is 0. The molecule has 1 N–H and O–H groups in total. The molecule has 0 atom stereocenters. The molecular formula is C12H25NO. The van der Waals surface area contributed by atoms with E-state index in [9.17, 15) is 5.11 Å². The quantitative estimate of drug-likeness (QED) is 0.735. The molecule has 1 aliphatic carbocycles. The van der Waals surface area contributed by atoms with Crippen LogP contribution in [0.25, 0.3) is 0 Å². The van der Waals surface area contributed by atoms with Crippen molar-refractivity contribution in [2.24, 2.45) is 0 Å². The number of hydrogen-bond donors (Lipinski definition) is 1. The zero-order chi connectivity index (χ0) is 10.6. The number of rotatable bonds is 5. The van der Waals surface area contributed by atoms with Crippen LogP contribution in [0.2, 0.25) is 0 Å². The van der Waals surface area contributed by atoms with Crippen LogP contribution in [0, 0.1) is 0 Å². The molecule has 0 spiro atoms. The molecular weight excluding hydrogens is 174 g/mol. The van der Waals surface area contributed by atoms with Gasteiger partial charge in [0.25, 0.3) is 0 Å². The van der Waals surface area contributed by atoms with Crippen molar-refractivity contribution in [2.45, 2.75) is 64.0 Å². The molecule has 1 aliphatic rings. The van der Waals surface area contributed by atoms with Crippen LogP contribution in [0.5, 0.6) is 0 Å². The zero-order valence-corrected chi connectivity index (χ0v) is 9.92. The molecule has 0 unspecified atom stereocenters. The third-order valence-corrected chi connectivity index (χ3v) is 3.81. The fourth-order valence-electron chi connectivity index (χ4n) is 2.41. The molecule has 0 heterocycles. The summed E-state index contributed by atoms with van der Waals surface area (Å²) >= 11 is 0. The van der Waals surface area contributed by atoms with Gasteiger partial charge in [-0.2, -0.15) is 0 Å². The molecule has 2 heteroatoms. The Morgan fingerprint density at radius 1 is 1.21 bits per heavy atom. The maximum atomic E-state index is 10.2. The van der Waals surface area contributed by atoms with Crippen molar-refractivity contribution < 1.29 is 5.11 Å². The molecule has 1 saturated carbocycles. The van der Waals surface area contributed by atoms with E-state index in [1.54, 1.807) is 0 Å². The van der Waals surface area contributed by atoms with E-state index in [4.69, 9.17) is 0 Å². The van der Waals surface area contributed by atoms with Gasteiger partial charge in [-0.05, 0) is 32.7 Å². The number of nitrogens with zero attached hydrogens (tertiary/aromatic N) is 1. The topological polar surface area (TPSA) is 23.5 Å². The van der Waals surface area contributed by atoms with Crippen molar-refractivity contribution in [3.8, 4) is 0 Å². The molecule has 1 fully saturated rings. The fourth-order valence-corrected chi connectivity index (χ4v) is 2.41. The summed E-state index contributed by atoms with van der Waals surface area (Å²) in [6.45, 7) is 4.99. The first-order valence-corrected chi connectivity index (χ1v) is 6.04. The van der Waals surface area contributed by atoms with E-state index in [1.807, 2.05) is 0 Å². The van der Waals surface area contributed by atoms with Gasteiger partial charge in [0.1, 0.15) is 0 Å². The van der Waals surface area contributed by atoms with Crippen molar-refractivity contribution in [3.05, 3.63) is 0 Å². The van der Waals surface area contributed by atoms with E-state index in [0.717, 1.165) is 25.4 Å².